The van der Waals surface area contributed by atoms with Crippen LogP contribution in [-0.4, -0.2) is 48.1 Å². The number of nitrogens with zero attached hydrogens (tertiary/aromatic N) is 1. The van der Waals surface area contributed by atoms with Gasteiger partial charge in [-0.25, -0.2) is 9.59 Å². The van der Waals surface area contributed by atoms with Gasteiger partial charge in [-0.15, -0.1) is 0 Å². The number of esters is 1. The van der Waals surface area contributed by atoms with Crippen LogP contribution in [0.4, 0.5) is 16.2 Å². The van der Waals surface area contributed by atoms with E-state index in [1.54, 1.807) is 24.3 Å². The number of H-pyrrole nitrogens is 1. The Morgan fingerprint density at radius 3 is 2.63 bits per heavy atom. The van der Waals surface area contributed by atoms with Gasteiger partial charge in [0.1, 0.15) is 0 Å². The van der Waals surface area contributed by atoms with Gasteiger partial charge in [0.15, 0.2) is 0 Å². The number of nitrogens with one attached hydrogen (secondary N) is 3. The second kappa shape index (κ2) is 11.9. The molecule has 1 aromatic heterocycles. The molecule has 1 saturated heterocycles. The third-order valence-corrected chi connectivity index (χ3v) is 6.67. The van der Waals surface area contributed by atoms with Crippen molar-refractivity contribution in [3.8, 4) is 0 Å². The number of carbonyl (C=O) groups is 2. The molecule has 0 saturated carbocycles. The van der Waals surface area contributed by atoms with Crippen LogP contribution in [-0.2, 0) is 4.74 Å². The summed E-state index contributed by atoms with van der Waals surface area (Å²) < 4.78 is 5.32. The summed E-state index contributed by atoms with van der Waals surface area (Å²) in [5, 5.41) is 6.87. The third-order valence-electron chi connectivity index (χ3n) is 6.67. The lowest BCUT2D eigenvalue weighted by Crippen LogP contribution is -2.33. The van der Waals surface area contributed by atoms with Gasteiger partial charge in [0.05, 0.1) is 17.9 Å². The summed E-state index contributed by atoms with van der Waals surface area (Å²) in [5.41, 5.74) is 3.87. The van der Waals surface area contributed by atoms with Crippen LogP contribution in [0.15, 0.2) is 48.7 Å². The van der Waals surface area contributed by atoms with Crippen molar-refractivity contribution in [2.75, 3.05) is 36.9 Å². The summed E-state index contributed by atoms with van der Waals surface area (Å²) in [6.45, 7) is 8.07. The number of fused-ring (bicyclic) bond motifs is 1. The zero-order valence-corrected chi connectivity index (χ0v) is 20.7. The first-order chi connectivity index (χ1) is 17.1. The number of unbranched alkanes of at least 4 members (excludes halogenated alkanes) is 1. The number of urea groups is 1. The first kappa shape index (κ1) is 24.8. The molecule has 3 N–H and O–H groups in total. The van der Waals surface area contributed by atoms with Crippen molar-refractivity contribution in [3.05, 3.63) is 59.8 Å². The number of anilines is 2. The van der Waals surface area contributed by atoms with Crippen molar-refractivity contribution in [2.45, 2.75) is 51.9 Å². The molecule has 1 fully saturated rings. The number of aromatic nitrogens is 1. The van der Waals surface area contributed by atoms with E-state index in [0.29, 0.717) is 29.5 Å². The molecule has 4 rings (SSSR count). The molecule has 0 spiro atoms. The van der Waals surface area contributed by atoms with E-state index in [0.717, 1.165) is 49.7 Å². The predicted octanol–water partition coefficient (Wildman–Crippen LogP) is 6.36. The van der Waals surface area contributed by atoms with Crippen LogP contribution >= 0.6 is 0 Å². The van der Waals surface area contributed by atoms with Crippen LogP contribution in [0.25, 0.3) is 10.9 Å². The lowest BCUT2D eigenvalue weighted by molar-refractivity contribution is 0.0501. The van der Waals surface area contributed by atoms with E-state index in [-0.39, 0.29) is 0 Å². The molecule has 0 atom stereocenters. The third kappa shape index (κ3) is 6.22. The van der Waals surface area contributed by atoms with Gasteiger partial charge in [0.25, 0.3) is 0 Å². The number of rotatable bonds is 9. The van der Waals surface area contributed by atoms with Crippen molar-refractivity contribution >= 4 is 34.3 Å². The number of ether oxygens (including phenoxy) is 1. The summed E-state index contributed by atoms with van der Waals surface area (Å²) in [6.07, 6.45) is 7.37. The van der Waals surface area contributed by atoms with Crippen LogP contribution in [0.3, 0.4) is 0 Å². The van der Waals surface area contributed by atoms with Gasteiger partial charge in [-0.3, -0.25) is 0 Å². The normalized spacial score (nSPS) is 14.7. The number of piperidine rings is 1. The molecule has 2 amide bonds. The Kier molecular flexibility index (Phi) is 8.42. The number of aromatic amines is 1. The van der Waals surface area contributed by atoms with Crippen LogP contribution in [0.2, 0.25) is 0 Å². The first-order valence-corrected chi connectivity index (χ1v) is 12.8. The maximum absolute atomic E-state index is 12.8. The Morgan fingerprint density at radius 2 is 1.86 bits per heavy atom. The molecule has 1 aliphatic rings. The van der Waals surface area contributed by atoms with Crippen LogP contribution < -0.4 is 10.6 Å². The summed E-state index contributed by atoms with van der Waals surface area (Å²) in [5.74, 6) is 0.0873. The van der Waals surface area contributed by atoms with Gasteiger partial charge in [0.2, 0.25) is 0 Å². The van der Waals surface area contributed by atoms with E-state index in [1.165, 1.54) is 18.5 Å². The van der Waals surface area contributed by atoms with Gasteiger partial charge in [0, 0.05) is 22.8 Å². The number of hydrogen-bond acceptors (Lipinski definition) is 4. The smallest absolute Gasteiger partial charge is 0.340 e. The van der Waals surface area contributed by atoms with Crippen molar-refractivity contribution in [1.29, 1.82) is 0 Å². The molecule has 186 valence electrons. The highest BCUT2D eigenvalue weighted by Gasteiger charge is 2.22. The molecule has 7 heteroatoms. The van der Waals surface area contributed by atoms with Crippen LogP contribution in [0, 0.1) is 0 Å². The molecule has 2 heterocycles. The summed E-state index contributed by atoms with van der Waals surface area (Å²) >= 11 is 0. The van der Waals surface area contributed by atoms with Crippen LogP contribution in [0.1, 0.15) is 67.8 Å². The fourth-order valence-electron chi connectivity index (χ4n) is 4.78. The number of para-hydroxylation sites is 1. The molecule has 7 nitrogen and oxygen atoms in total. The Hall–Kier alpha value is -3.32. The second-order valence-corrected chi connectivity index (χ2v) is 9.23. The van der Waals surface area contributed by atoms with E-state index in [1.807, 2.05) is 25.1 Å². The van der Waals surface area contributed by atoms with E-state index in [4.69, 9.17) is 4.74 Å². The van der Waals surface area contributed by atoms with Gasteiger partial charge in [-0.2, -0.15) is 0 Å². The van der Waals surface area contributed by atoms with Crippen molar-refractivity contribution in [2.24, 2.45) is 0 Å². The first-order valence-electron chi connectivity index (χ1n) is 12.8. The lowest BCUT2D eigenvalue weighted by atomic mass is 9.89. The fourth-order valence-corrected chi connectivity index (χ4v) is 4.78. The number of likely N-dealkylation sites (tertiary alicyclic amines) is 1. The minimum atomic E-state index is -0.433. The predicted molar refractivity (Wildman–Crippen MR) is 141 cm³/mol. The van der Waals surface area contributed by atoms with E-state index in [2.05, 4.69) is 33.6 Å². The summed E-state index contributed by atoms with van der Waals surface area (Å²) in [6, 6.07) is 12.4. The zero-order valence-electron chi connectivity index (χ0n) is 20.7. The molecule has 0 bridgehead atoms. The number of carbonyl (C=O) groups excluding carboxylic acids is 2. The van der Waals surface area contributed by atoms with Crippen LogP contribution in [0.5, 0.6) is 0 Å². The highest BCUT2D eigenvalue weighted by Crippen LogP contribution is 2.34. The molecule has 0 radical (unpaired) electrons. The monoisotopic (exact) mass is 476 g/mol. The maximum atomic E-state index is 12.8. The average molecular weight is 477 g/mol. The Labute approximate surface area is 207 Å². The molecule has 35 heavy (non-hydrogen) atoms. The minimum absolute atomic E-state index is 0.344. The quantitative estimate of drug-likeness (QED) is 0.248. The van der Waals surface area contributed by atoms with E-state index >= 15 is 0 Å². The summed E-state index contributed by atoms with van der Waals surface area (Å²) in [7, 11) is 0. The number of hydrogen-bond donors (Lipinski definition) is 3. The van der Waals surface area contributed by atoms with Crippen molar-refractivity contribution in [3.63, 3.8) is 0 Å². The van der Waals surface area contributed by atoms with Gasteiger partial charge in [-0.05, 0) is 87.1 Å². The van der Waals surface area contributed by atoms with Gasteiger partial charge < -0.3 is 25.3 Å². The Morgan fingerprint density at radius 1 is 1.06 bits per heavy atom. The second-order valence-electron chi connectivity index (χ2n) is 9.23. The maximum Gasteiger partial charge on any atom is 0.340 e. The fraction of sp³-hybridized carbons (Fsp3) is 0.429. The van der Waals surface area contributed by atoms with E-state index in [9.17, 15) is 9.59 Å². The molecule has 1 aliphatic heterocycles. The Balaban J connectivity index is 1.43. The Bertz CT molecular complexity index is 1150. The topological polar surface area (TPSA) is 86.5 Å². The van der Waals surface area contributed by atoms with E-state index < -0.39 is 12.0 Å². The SMILES string of the molecule is CCCCOC(=O)c1ccccc1NC(=O)Nc1ccc2[nH]cc(C3CCN(CCC)CC3)c2c1. The van der Waals surface area contributed by atoms with Crippen molar-refractivity contribution < 1.29 is 14.3 Å². The highest BCUT2D eigenvalue weighted by molar-refractivity contribution is 6.05. The van der Waals surface area contributed by atoms with Crippen molar-refractivity contribution in [1.82, 2.24) is 9.88 Å². The minimum Gasteiger partial charge on any atom is -0.462 e. The zero-order chi connectivity index (χ0) is 24.6. The molecule has 0 aliphatic carbocycles. The molecular weight excluding hydrogens is 440 g/mol. The average Bonchev–Trinajstić information content (AvgIpc) is 3.28. The lowest BCUT2D eigenvalue weighted by Gasteiger charge is -2.31. The molecular formula is C28H36N4O3. The van der Waals surface area contributed by atoms with Gasteiger partial charge in [-0.1, -0.05) is 32.4 Å². The number of benzene rings is 2. The highest BCUT2D eigenvalue weighted by atomic mass is 16.5. The molecule has 2 aromatic carbocycles. The molecule has 3 aromatic rings. The van der Waals surface area contributed by atoms with Gasteiger partial charge >= 0.3 is 12.0 Å². The largest absolute Gasteiger partial charge is 0.462 e. The number of amides is 2. The standard InChI is InChI=1S/C28H36N4O3/c1-3-5-17-35-27(33)22-8-6-7-9-26(22)31-28(34)30-21-10-11-25-23(18-21)24(19-29-25)20-12-15-32(14-4-2)16-13-20/h6-11,18-20,29H,3-5,12-17H2,1-2H3,(H2,30,31,34). The molecule has 0 unspecified atom stereocenters. The summed E-state index contributed by atoms with van der Waals surface area (Å²) in [4.78, 5) is 31.2.